The minimum Gasteiger partial charge on any atom is -0.463 e. The Bertz CT molecular complexity index is 668. The zero-order valence-corrected chi connectivity index (χ0v) is 12.3. The maximum Gasteiger partial charge on any atom is 0.336 e. The van der Waals surface area contributed by atoms with Gasteiger partial charge >= 0.3 is 5.97 Å². The number of nitriles is 1. The van der Waals surface area contributed by atoms with E-state index in [2.05, 4.69) is 16.6 Å². The fourth-order valence-electron chi connectivity index (χ4n) is 2.43. The van der Waals surface area contributed by atoms with Crippen LogP contribution in [0.2, 0.25) is 0 Å². The summed E-state index contributed by atoms with van der Waals surface area (Å²) in [6, 6.07) is 9.41. The predicted octanol–water partition coefficient (Wildman–Crippen LogP) is 2.46. The van der Waals surface area contributed by atoms with E-state index >= 15 is 0 Å². The van der Waals surface area contributed by atoms with Crippen LogP contribution in [-0.4, -0.2) is 18.3 Å². The van der Waals surface area contributed by atoms with Gasteiger partial charge in [0.25, 0.3) is 0 Å². The molecule has 2 rings (SSSR count). The summed E-state index contributed by atoms with van der Waals surface area (Å²) in [5.41, 5.74) is 6.03. The fourth-order valence-corrected chi connectivity index (χ4v) is 2.43. The van der Waals surface area contributed by atoms with Crippen LogP contribution >= 0.6 is 0 Å². The summed E-state index contributed by atoms with van der Waals surface area (Å²) < 4.78 is 5.15. The van der Waals surface area contributed by atoms with Gasteiger partial charge in [-0.2, -0.15) is 10.4 Å². The fraction of sp³-hybridized carbons (Fsp3) is 0.312. The number of benzene rings is 1. The highest BCUT2D eigenvalue weighted by Crippen LogP contribution is 2.33. The number of ether oxygens (including phenoxy) is 1. The molecule has 21 heavy (non-hydrogen) atoms. The van der Waals surface area contributed by atoms with Crippen LogP contribution in [0, 0.1) is 11.3 Å². The minimum atomic E-state index is -0.380. The number of nitrogens with zero attached hydrogens (tertiary/aromatic N) is 2. The quantitative estimate of drug-likeness (QED) is 0.865. The molecule has 108 valence electrons. The van der Waals surface area contributed by atoms with E-state index in [1.807, 2.05) is 19.1 Å². The molecule has 0 saturated carbocycles. The van der Waals surface area contributed by atoms with Crippen molar-refractivity contribution in [3.05, 3.63) is 46.7 Å². The standard InChI is InChI=1S/C16H17N3O2/c1-4-21-16(20)15-11(3)19-18-10(2)14(15)13-8-6-5-7-12(13)9-17/h5-8,14,19H,4H2,1-3H3. The van der Waals surface area contributed by atoms with Crippen LogP contribution in [-0.2, 0) is 9.53 Å². The third kappa shape index (κ3) is 2.79. The number of rotatable bonds is 3. The van der Waals surface area contributed by atoms with Gasteiger partial charge in [-0.05, 0) is 32.4 Å². The predicted molar refractivity (Wildman–Crippen MR) is 79.5 cm³/mol. The molecule has 1 heterocycles. The summed E-state index contributed by atoms with van der Waals surface area (Å²) in [5, 5.41) is 13.5. The van der Waals surface area contributed by atoms with Crippen molar-refractivity contribution in [1.82, 2.24) is 5.43 Å². The molecule has 5 heteroatoms. The molecule has 5 nitrogen and oxygen atoms in total. The Morgan fingerprint density at radius 3 is 2.81 bits per heavy atom. The van der Waals surface area contributed by atoms with Crippen molar-refractivity contribution in [1.29, 1.82) is 5.26 Å². The van der Waals surface area contributed by atoms with Gasteiger partial charge < -0.3 is 4.74 Å². The van der Waals surface area contributed by atoms with Gasteiger partial charge in [0.2, 0.25) is 0 Å². The molecule has 0 spiro atoms. The number of esters is 1. The lowest BCUT2D eigenvalue weighted by Crippen LogP contribution is -2.30. The van der Waals surface area contributed by atoms with Crippen LogP contribution in [0.1, 0.15) is 37.8 Å². The molecule has 1 unspecified atom stereocenters. The molecule has 0 bridgehead atoms. The van der Waals surface area contributed by atoms with Crippen molar-refractivity contribution in [3.8, 4) is 6.07 Å². The van der Waals surface area contributed by atoms with Crippen molar-refractivity contribution in [2.24, 2.45) is 5.10 Å². The van der Waals surface area contributed by atoms with Crippen molar-refractivity contribution in [3.63, 3.8) is 0 Å². The van der Waals surface area contributed by atoms with Crippen molar-refractivity contribution in [2.45, 2.75) is 26.7 Å². The molecule has 0 radical (unpaired) electrons. The first kappa shape index (κ1) is 14.8. The molecular weight excluding hydrogens is 266 g/mol. The summed E-state index contributed by atoms with van der Waals surface area (Å²) in [4.78, 5) is 12.3. The van der Waals surface area contributed by atoms with Crippen LogP contribution in [0.5, 0.6) is 0 Å². The Labute approximate surface area is 123 Å². The molecule has 1 aliphatic rings. The number of hydrazone groups is 1. The molecule has 1 aromatic rings. The van der Waals surface area contributed by atoms with E-state index in [1.54, 1.807) is 26.0 Å². The highest BCUT2D eigenvalue weighted by Gasteiger charge is 2.32. The van der Waals surface area contributed by atoms with Crippen LogP contribution in [0.4, 0.5) is 0 Å². The number of carbonyl (C=O) groups excluding carboxylic acids is 1. The Hall–Kier alpha value is -2.61. The molecule has 0 fully saturated rings. The van der Waals surface area contributed by atoms with Gasteiger partial charge in [0.15, 0.2) is 0 Å². The third-order valence-electron chi connectivity index (χ3n) is 3.40. The lowest BCUT2D eigenvalue weighted by atomic mass is 9.83. The lowest BCUT2D eigenvalue weighted by Gasteiger charge is -2.26. The van der Waals surface area contributed by atoms with Gasteiger partial charge in [-0.1, -0.05) is 18.2 Å². The molecule has 0 aliphatic carbocycles. The van der Waals surface area contributed by atoms with Crippen molar-refractivity contribution < 1.29 is 9.53 Å². The van der Waals surface area contributed by atoms with Gasteiger partial charge in [0.1, 0.15) is 0 Å². The third-order valence-corrected chi connectivity index (χ3v) is 3.40. The van der Waals surface area contributed by atoms with Crippen molar-refractivity contribution in [2.75, 3.05) is 6.61 Å². The molecule has 1 aliphatic heterocycles. The normalized spacial score (nSPS) is 17.6. The van der Waals surface area contributed by atoms with Crippen molar-refractivity contribution >= 4 is 11.7 Å². The smallest absolute Gasteiger partial charge is 0.336 e. The van der Waals surface area contributed by atoms with Crippen LogP contribution in [0.15, 0.2) is 40.6 Å². The summed E-state index contributed by atoms with van der Waals surface area (Å²) >= 11 is 0. The first-order valence-corrected chi connectivity index (χ1v) is 6.77. The number of hydrogen-bond acceptors (Lipinski definition) is 5. The molecule has 1 aromatic carbocycles. The second-order valence-corrected chi connectivity index (χ2v) is 4.76. The van der Waals surface area contributed by atoms with Gasteiger partial charge in [0.05, 0.1) is 29.7 Å². The van der Waals surface area contributed by atoms with E-state index in [0.29, 0.717) is 23.4 Å². The van der Waals surface area contributed by atoms with Gasteiger partial charge in [0, 0.05) is 11.4 Å². The van der Waals surface area contributed by atoms with Crippen LogP contribution in [0.3, 0.4) is 0 Å². The van der Waals surface area contributed by atoms with Gasteiger partial charge in [-0.15, -0.1) is 0 Å². The molecular formula is C16H17N3O2. The maximum atomic E-state index is 12.3. The number of nitrogens with one attached hydrogen (secondary N) is 1. The monoisotopic (exact) mass is 283 g/mol. The first-order valence-electron chi connectivity index (χ1n) is 6.77. The molecule has 0 amide bonds. The summed E-state index contributed by atoms with van der Waals surface area (Å²) in [6.45, 7) is 5.68. The molecule has 1 atom stereocenters. The number of allylic oxidation sites excluding steroid dienone is 1. The van der Waals surface area contributed by atoms with E-state index in [9.17, 15) is 10.1 Å². The summed E-state index contributed by atoms with van der Waals surface area (Å²) in [6.07, 6.45) is 0. The van der Waals surface area contributed by atoms with Crippen LogP contribution in [0.25, 0.3) is 0 Å². The largest absolute Gasteiger partial charge is 0.463 e. The highest BCUT2D eigenvalue weighted by molar-refractivity contribution is 6.04. The molecule has 0 aromatic heterocycles. The topological polar surface area (TPSA) is 74.5 Å². The zero-order valence-electron chi connectivity index (χ0n) is 12.3. The zero-order chi connectivity index (χ0) is 15.4. The minimum absolute atomic E-state index is 0.304. The van der Waals surface area contributed by atoms with Crippen LogP contribution < -0.4 is 5.43 Å². The number of carbonyl (C=O) groups is 1. The molecule has 1 N–H and O–H groups in total. The Kier molecular flexibility index (Phi) is 4.39. The lowest BCUT2D eigenvalue weighted by molar-refractivity contribution is -0.138. The Morgan fingerprint density at radius 2 is 2.14 bits per heavy atom. The van der Waals surface area contributed by atoms with E-state index in [1.165, 1.54) is 0 Å². The average molecular weight is 283 g/mol. The van der Waals surface area contributed by atoms with E-state index in [0.717, 1.165) is 11.3 Å². The van der Waals surface area contributed by atoms with E-state index < -0.39 is 0 Å². The average Bonchev–Trinajstić information content (AvgIpc) is 2.49. The Balaban J connectivity index is 2.56. The Morgan fingerprint density at radius 1 is 1.43 bits per heavy atom. The SMILES string of the molecule is CCOC(=O)C1=C(C)NN=C(C)C1c1ccccc1C#N. The molecule has 0 saturated heterocycles. The first-order chi connectivity index (χ1) is 10.1. The van der Waals surface area contributed by atoms with Gasteiger partial charge in [-0.25, -0.2) is 4.79 Å². The summed E-state index contributed by atoms with van der Waals surface area (Å²) in [5.74, 6) is -0.740. The highest BCUT2D eigenvalue weighted by atomic mass is 16.5. The second kappa shape index (κ2) is 6.23. The summed E-state index contributed by atoms with van der Waals surface area (Å²) in [7, 11) is 0. The number of hydrogen-bond donors (Lipinski definition) is 1. The van der Waals surface area contributed by atoms with E-state index in [-0.39, 0.29) is 11.9 Å². The van der Waals surface area contributed by atoms with E-state index in [4.69, 9.17) is 4.74 Å². The second-order valence-electron chi connectivity index (χ2n) is 4.76. The van der Waals surface area contributed by atoms with Gasteiger partial charge in [-0.3, -0.25) is 5.43 Å². The maximum absolute atomic E-state index is 12.3.